The number of carbonyl (C=O) groups is 1. The number of anilines is 1. The minimum absolute atomic E-state index is 0.0910. The number of methoxy groups -OCH3 is 1. The third-order valence-corrected chi connectivity index (χ3v) is 3.17. The maximum Gasteiger partial charge on any atom is 0.265 e. The highest BCUT2D eigenvalue weighted by molar-refractivity contribution is 9.09. The molecule has 2 rings (SSSR count). The van der Waals surface area contributed by atoms with Crippen LogP contribution in [0.15, 0.2) is 18.2 Å². The Kier molecular flexibility index (Phi) is 3.89. The monoisotopic (exact) mass is 299 g/mol. The summed E-state index contributed by atoms with van der Waals surface area (Å²) in [6.45, 7) is 0. The molecule has 17 heavy (non-hydrogen) atoms. The predicted molar refractivity (Wildman–Crippen MR) is 69.1 cm³/mol. The lowest BCUT2D eigenvalue weighted by Crippen LogP contribution is -2.36. The quantitative estimate of drug-likeness (QED) is 0.869. The topological polar surface area (TPSA) is 47.6 Å². The van der Waals surface area contributed by atoms with Crippen LogP contribution in [-0.2, 0) is 4.79 Å². The van der Waals surface area contributed by atoms with Crippen LogP contribution in [0.4, 0.5) is 5.69 Å². The molecule has 4 nitrogen and oxygen atoms in total. The van der Waals surface area contributed by atoms with Crippen molar-refractivity contribution in [1.82, 2.24) is 0 Å². The molecule has 1 aromatic rings. The van der Waals surface area contributed by atoms with Crippen molar-refractivity contribution in [3.05, 3.63) is 18.2 Å². The first-order valence-corrected chi connectivity index (χ1v) is 6.58. The molecule has 1 aliphatic heterocycles. The van der Waals surface area contributed by atoms with Gasteiger partial charge >= 0.3 is 0 Å². The highest BCUT2D eigenvalue weighted by atomic mass is 79.9. The summed E-state index contributed by atoms with van der Waals surface area (Å²) in [5.74, 6) is 1.31. The van der Waals surface area contributed by atoms with E-state index in [2.05, 4.69) is 21.2 Å². The lowest BCUT2D eigenvalue weighted by molar-refractivity contribution is -0.123. The van der Waals surface area contributed by atoms with E-state index in [4.69, 9.17) is 9.47 Å². The van der Waals surface area contributed by atoms with E-state index in [0.717, 1.165) is 11.8 Å². The zero-order chi connectivity index (χ0) is 12.3. The largest absolute Gasteiger partial charge is 0.497 e. The van der Waals surface area contributed by atoms with Crippen molar-refractivity contribution >= 4 is 27.5 Å². The number of benzene rings is 1. The molecule has 0 radical (unpaired) electrons. The molecular weight excluding hydrogens is 286 g/mol. The standard InChI is InChI=1S/C12H14BrNO3/c1-16-8-4-5-10-9(7-8)14-12(15)11(17-10)3-2-6-13/h4-5,7,11H,2-3,6H2,1H3,(H,14,15). The number of alkyl halides is 1. The van der Waals surface area contributed by atoms with E-state index < -0.39 is 6.10 Å². The second-order valence-electron chi connectivity index (χ2n) is 3.79. The minimum Gasteiger partial charge on any atom is -0.497 e. The smallest absolute Gasteiger partial charge is 0.265 e. The third kappa shape index (κ3) is 2.72. The van der Waals surface area contributed by atoms with Crippen molar-refractivity contribution < 1.29 is 14.3 Å². The van der Waals surface area contributed by atoms with Crippen molar-refractivity contribution in [1.29, 1.82) is 0 Å². The Hall–Kier alpha value is -1.23. The van der Waals surface area contributed by atoms with Gasteiger partial charge in [0.2, 0.25) is 0 Å². The molecule has 1 aliphatic rings. The van der Waals surface area contributed by atoms with Gasteiger partial charge in [-0.05, 0) is 25.0 Å². The zero-order valence-electron chi connectivity index (χ0n) is 9.53. The molecule has 92 valence electrons. The Morgan fingerprint density at radius 1 is 1.53 bits per heavy atom. The van der Waals surface area contributed by atoms with Crippen molar-refractivity contribution in [3.8, 4) is 11.5 Å². The van der Waals surface area contributed by atoms with E-state index in [-0.39, 0.29) is 5.91 Å². The summed E-state index contributed by atoms with van der Waals surface area (Å²) in [5.41, 5.74) is 0.671. The average Bonchev–Trinajstić information content (AvgIpc) is 2.35. The van der Waals surface area contributed by atoms with Crippen LogP contribution in [-0.4, -0.2) is 24.5 Å². The number of nitrogens with one attached hydrogen (secondary N) is 1. The van der Waals surface area contributed by atoms with Gasteiger partial charge in [-0.25, -0.2) is 0 Å². The summed E-state index contributed by atoms with van der Waals surface area (Å²) >= 11 is 3.34. The number of hydrogen-bond donors (Lipinski definition) is 1. The Morgan fingerprint density at radius 3 is 3.06 bits per heavy atom. The molecule has 1 unspecified atom stereocenters. The van der Waals surface area contributed by atoms with Crippen LogP contribution in [0.2, 0.25) is 0 Å². The van der Waals surface area contributed by atoms with Crippen molar-refractivity contribution in [2.45, 2.75) is 18.9 Å². The SMILES string of the molecule is COc1ccc2c(c1)NC(=O)C(CCCBr)O2. The van der Waals surface area contributed by atoms with Crippen LogP contribution < -0.4 is 14.8 Å². The van der Waals surface area contributed by atoms with E-state index in [1.165, 1.54) is 0 Å². The number of amides is 1. The van der Waals surface area contributed by atoms with Gasteiger partial charge < -0.3 is 14.8 Å². The summed E-state index contributed by atoms with van der Waals surface area (Å²) in [5, 5.41) is 3.70. The lowest BCUT2D eigenvalue weighted by Gasteiger charge is -2.25. The van der Waals surface area contributed by atoms with Gasteiger partial charge in [0, 0.05) is 11.4 Å². The van der Waals surface area contributed by atoms with Crippen molar-refractivity contribution in [3.63, 3.8) is 0 Å². The number of halogens is 1. The molecule has 5 heteroatoms. The Morgan fingerprint density at radius 2 is 2.35 bits per heavy atom. The number of rotatable bonds is 4. The molecule has 0 saturated carbocycles. The number of fused-ring (bicyclic) bond motifs is 1. The van der Waals surface area contributed by atoms with E-state index in [0.29, 0.717) is 23.6 Å². The molecule has 1 heterocycles. The van der Waals surface area contributed by atoms with Crippen LogP contribution in [0.3, 0.4) is 0 Å². The van der Waals surface area contributed by atoms with Crippen molar-refractivity contribution in [2.75, 3.05) is 17.8 Å². The first kappa shape index (κ1) is 12.2. The average molecular weight is 300 g/mol. The maximum atomic E-state index is 11.8. The van der Waals surface area contributed by atoms with Gasteiger partial charge in [0.15, 0.2) is 6.10 Å². The molecule has 0 spiro atoms. The second kappa shape index (κ2) is 5.40. The summed E-state index contributed by atoms with van der Waals surface area (Å²) in [6, 6.07) is 5.39. The first-order chi connectivity index (χ1) is 8.24. The normalized spacial score (nSPS) is 18.0. The molecule has 0 saturated heterocycles. The molecule has 1 amide bonds. The fourth-order valence-corrected chi connectivity index (χ4v) is 2.03. The van der Waals surface area contributed by atoms with Crippen LogP contribution in [0.25, 0.3) is 0 Å². The Bertz CT molecular complexity index is 422. The van der Waals surface area contributed by atoms with Gasteiger partial charge in [0.05, 0.1) is 12.8 Å². The van der Waals surface area contributed by atoms with Gasteiger partial charge in [0.25, 0.3) is 5.91 Å². The van der Waals surface area contributed by atoms with Crippen LogP contribution in [0.1, 0.15) is 12.8 Å². The van der Waals surface area contributed by atoms with Gasteiger partial charge in [-0.2, -0.15) is 0 Å². The number of carbonyl (C=O) groups excluding carboxylic acids is 1. The third-order valence-electron chi connectivity index (χ3n) is 2.61. The summed E-state index contributed by atoms with van der Waals surface area (Å²) in [6.07, 6.45) is 1.22. The molecule has 1 aromatic carbocycles. The van der Waals surface area contributed by atoms with Gasteiger partial charge in [-0.3, -0.25) is 4.79 Å². The van der Waals surface area contributed by atoms with E-state index in [9.17, 15) is 4.79 Å². The summed E-state index contributed by atoms with van der Waals surface area (Å²) < 4.78 is 10.8. The number of hydrogen-bond acceptors (Lipinski definition) is 3. The molecule has 0 fully saturated rings. The van der Waals surface area contributed by atoms with Crippen LogP contribution >= 0.6 is 15.9 Å². The Balaban J connectivity index is 2.15. The van der Waals surface area contributed by atoms with E-state index >= 15 is 0 Å². The molecular formula is C12H14BrNO3. The van der Waals surface area contributed by atoms with E-state index in [1.54, 1.807) is 13.2 Å². The fourth-order valence-electron chi connectivity index (χ4n) is 1.71. The van der Waals surface area contributed by atoms with Gasteiger partial charge in [-0.1, -0.05) is 15.9 Å². The van der Waals surface area contributed by atoms with E-state index in [1.807, 2.05) is 12.1 Å². The molecule has 1 N–H and O–H groups in total. The second-order valence-corrected chi connectivity index (χ2v) is 4.58. The molecule has 1 atom stereocenters. The minimum atomic E-state index is -0.395. The Labute approximate surface area is 108 Å². The molecule has 0 aromatic heterocycles. The fraction of sp³-hybridized carbons (Fsp3) is 0.417. The molecule has 0 aliphatic carbocycles. The highest BCUT2D eigenvalue weighted by Gasteiger charge is 2.27. The van der Waals surface area contributed by atoms with Crippen LogP contribution in [0.5, 0.6) is 11.5 Å². The van der Waals surface area contributed by atoms with Gasteiger partial charge in [0.1, 0.15) is 11.5 Å². The maximum absolute atomic E-state index is 11.8. The summed E-state index contributed by atoms with van der Waals surface area (Å²) in [7, 11) is 1.59. The van der Waals surface area contributed by atoms with Crippen molar-refractivity contribution in [2.24, 2.45) is 0 Å². The van der Waals surface area contributed by atoms with Crippen LogP contribution in [0, 0.1) is 0 Å². The summed E-state index contributed by atoms with van der Waals surface area (Å²) in [4.78, 5) is 11.8. The first-order valence-electron chi connectivity index (χ1n) is 5.46. The highest BCUT2D eigenvalue weighted by Crippen LogP contribution is 2.33. The van der Waals surface area contributed by atoms with Gasteiger partial charge in [-0.15, -0.1) is 0 Å². The lowest BCUT2D eigenvalue weighted by atomic mass is 10.1. The molecule has 0 bridgehead atoms. The predicted octanol–water partition coefficient (Wildman–Crippen LogP) is 2.57. The zero-order valence-corrected chi connectivity index (χ0v) is 11.1. The number of ether oxygens (including phenoxy) is 2.